The van der Waals surface area contributed by atoms with Gasteiger partial charge in [0.05, 0.1) is 24.5 Å². The monoisotopic (exact) mass is 171 g/mol. The summed E-state index contributed by atoms with van der Waals surface area (Å²) in [4.78, 5) is 0. The summed E-state index contributed by atoms with van der Waals surface area (Å²) in [6, 6.07) is 0. The van der Waals surface area contributed by atoms with E-state index in [0.29, 0.717) is 13.0 Å². The third-order valence-corrected chi connectivity index (χ3v) is 2.77. The van der Waals surface area contributed by atoms with Crippen LogP contribution < -0.4 is 0 Å². The molecule has 0 bridgehead atoms. The van der Waals surface area contributed by atoms with Crippen molar-refractivity contribution < 1.29 is 15.1 Å². The third kappa shape index (κ3) is 1.21. The molecule has 1 aliphatic carbocycles. The largest absolute Gasteiger partial charge is 0.411 e. The van der Waals surface area contributed by atoms with Crippen LogP contribution in [-0.4, -0.2) is 34.8 Å². The van der Waals surface area contributed by atoms with Crippen LogP contribution in [0.2, 0.25) is 0 Å². The van der Waals surface area contributed by atoms with Gasteiger partial charge in [0.2, 0.25) is 0 Å². The van der Waals surface area contributed by atoms with E-state index in [1.165, 1.54) is 0 Å². The molecule has 0 aromatic rings. The fourth-order valence-corrected chi connectivity index (χ4v) is 2.08. The second-order valence-electron chi connectivity index (χ2n) is 3.51. The van der Waals surface area contributed by atoms with Gasteiger partial charge in [-0.2, -0.15) is 0 Å². The molecule has 3 atom stereocenters. The number of rotatable bonds is 0. The Morgan fingerprint density at radius 3 is 3.00 bits per heavy atom. The first kappa shape index (κ1) is 8.01. The predicted molar refractivity (Wildman–Crippen MR) is 42.3 cm³/mol. The summed E-state index contributed by atoms with van der Waals surface area (Å²) in [7, 11) is 0. The van der Waals surface area contributed by atoms with E-state index < -0.39 is 0 Å². The summed E-state index contributed by atoms with van der Waals surface area (Å²) >= 11 is 0. The molecule has 0 spiro atoms. The highest BCUT2D eigenvalue weighted by Gasteiger charge is 2.38. The van der Waals surface area contributed by atoms with Gasteiger partial charge in [-0.1, -0.05) is 5.16 Å². The van der Waals surface area contributed by atoms with Crippen molar-refractivity contribution in [3.8, 4) is 0 Å². The van der Waals surface area contributed by atoms with Crippen molar-refractivity contribution in [3.05, 3.63) is 0 Å². The van der Waals surface area contributed by atoms with Gasteiger partial charge in [0.15, 0.2) is 0 Å². The summed E-state index contributed by atoms with van der Waals surface area (Å²) in [5.74, 6) is 0.249. The van der Waals surface area contributed by atoms with Crippen molar-refractivity contribution in [1.29, 1.82) is 0 Å². The predicted octanol–water partition coefficient (Wildman–Crippen LogP) is 0.376. The van der Waals surface area contributed by atoms with Crippen molar-refractivity contribution in [2.75, 3.05) is 6.61 Å². The first-order chi connectivity index (χ1) is 5.81. The molecular formula is C8H13NO3. The molecule has 2 rings (SSSR count). The normalized spacial score (nSPS) is 44.8. The Labute approximate surface area is 70.8 Å². The van der Waals surface area contributed by atoms with E-state index in [1.54, 1.807) is 0 Å². The number of hydrogen-bond acceptors (Lipinski definition) is 4. The van der Waals surface area contributed by atoms with E-state index in [2.05, 4.69) is 5.16 Å². The zero-order chi connectivity index (χ0) is 8.55. The number of ether oxygens (including phenoxy) is 1. The standard InChI is InChI=1S/C8H13NO3/c10-5-1-2-6-7(9-11)4-12-8(6)3-5/h5-6,8,10-11H,1-4H2/b9-7-/t5-,6+,8+/m0/s1. The Balaban J connectivity index is 2.07. The molecule has 12 heavy (non-hydrogen) atoms. The van der Waals surface area contributed by atoms with Crippen LogP contribution in [-0.2, 0) is 4.74 Å². The Kier molecular flexibility index (Phi) is 2.02. The van der Waals surface area contributed by atoms with Crippen LogP contribution in [0.5, 0.6) is 0 Å². The van der Waals surface area contributed by atoms with Crippen LogP contribution in [0.1, 0.15) is 19.3 Å². The van der Waals surface area contributed by atoms with Crippen LogP contribution in [0, 0.1) is 5.92 Å². The van der Waals surface area contributed by atoms with E-state index in [0.717, 1.165) is 18.6 Å². The number of fused-ring (bicyclic) bond motifs is 1. The highest BCUT2D eigenvalue weighted by Crippen LogP contribution is 2.32. The molecule has 68 valence electrons. The van der Waals surface area contributed by atoms with Gasteiger partial charge in [-0.3, -0.25) is 0 Å². The van der Waals surface area contributed by atoms with Crippen LogP contribution in [0.25, 0.3) is 0 Å². The minimum absolute atomic E-state index is 0.0830. The van der Waals surface area contributed by atoms with Crippen molar-refractivity contribution in [2.45, 2.75) is 31.5 Å². The number of aliphatic hydroxyl groups excluding tert-OH is 1. The lowest BCUT2D eigenvalue weighted by molar-refractivity contribution is 0.00736. The average Bonchev–Trinajstić information content (AvgIpc) is 2.46. The molecule has 1 aliphatic heterocycles. The Morgan fingerprint density at radius 2 is 2.25 bits per heavy atom. The smallest absolute Gasteiger partial charge is 0.0889 e. The maximum atomic E-state index is 9.33. The molecule has 2 aliphatic rings. The van der Waals surface area contributed by atoms with Crippen molar-refractivity contribution in [1.82, 2.24) is 0 Å². The summed E-state index contributed by atoms with van der Waals surface area (Å²) in [6.45, 7) is 0.429. The molecule has 0 amide bonds. The molecule has 1 heterocycles. The molecule has 0 aromatic carbocycles. The molecule has 4 nitrogen and oxygen atoms in total. The van der Waals surface area contributed by atoms with E-state index in [1.807, 2.05) is 0 Å². The maximum Gasteiger partial charge on any atom is 0.0889 e. The molecule has 1 saturated carbocycles. The molecule has 0 unspecified atom stereocenters. The van der Waals surface area contributed by atoms with E-state index in [-0.39, 0.29) is 18.1 Å². The Bertz CT molecular complexity index is 204. The highest BCUT2D eigenvalue weighted by atomic mass is 16.5. The van der Waals surface area contributed by atoms with Gasteiger partial charge < -0.3 is 15.1 Å². The van der Waals surface area contributed by atoms with Crippen LogP contribution in [0.3, 0.4) is 0 Å². The fraction of sp³-hybridized carbons (Fsp3) is 0.875. The lowest BCUT2D eigenvalue weighted by Gasteiger charge is -2.26. The maximum absolute atomic E-state index is 9.33. The fourth-order valence-electron chi connectivity index (χ4n) is 2.08. The summed E-state index contributed by atoms with van der Waals surface area (Å²) < 4.78 is 5.38. The summed E-state index contributed by atoms with van der Waals surface area (Å²) in [5.41, 5.74) is 0.743. The summed E-state index contributed by atoms with van der Waals surface area (Å²) in [6.07, 6.45) is 2.21. The van der Waals surface area contributed by atoms with Gasteiger partial charge in [-0.25, -0.2) is 0 Å². The first-order valence-electron chi connectivity index (χ1n) is 4.31. The number of aliphatic hydroxyl groups is 1. The molecule has 4 heteroatoms. The Morgan fingerprint density at radius 1 is 1.42 bits per heavy atom. The quantitative estimate of drug-likeness (QED) is 0.409. The number of hydrogen-bond donors (Lipinski definition) is 2. The SMILES string of the molecule is O/N=C1/CO[C@@H]2C[C@@H](O)CC[C@H]12. The van der Waals surface area contributed by atoms with Crippen LogP contribution in [0.15, 0.2) is 5.16 Å². The molecule has 1 saturated heterocycles. The van der Waals surface area contributed by atoms with Crippen molar-refractivity contribution in [2.24, 2.45) is 11.1 Å². The second-order valence-corrected chi connectivity index (χ2v) is 3.51. The number of oxime groups is 1. The van der Waals surface area contributed by atoms with Gasteiger partial charge in [-0.05, 0) is 12.8 Å². The molecule has 2 N–H and O–H groups in total. The molecule has 0 aromatic heterocycles. The topological polar surface area (TPSA) is 62.1 Å². The zero-order valence-electron chi connectivity index (χ0n) is 6.81. The highest BCUT2D eigenvalue weighted by molar-refractivity contribution is 5.89. The first-order valence-corrected chi connectivity index (χ1v) is 4.31. The molecule has 0 radical (unpaired) electrons. The average molecular weight is 171 g/mol. The lowest BCUT2D eigenvalue weighted by atomic mass is 9.84. The minimum Gasteiger partial charge on any atom is -0.411 e. The molecule has 2 fully saturated rings. The van der Waals surface area contributed by atoms with Crippen molar-refractivity contribution >= 4 is 5.71 Å². The third-order valence-electron chi connectivity index (χ3n) is 2.77. The number of nitrogens with zero attached hydrogens (tertiary/aromatic N) is 1. The summed E-state index contributed by atoms with van der Waals surface area (Å²) in [5, 5.41) is 21.2. The second kappa shape index (κ2) is 3.03. The van der Waals surface area contributed by atoms with Gasteiger partial charge in [0, 0.05) is 12.3 Å². The van der Waals surface area contributed by atoms with Gasteiger partial charge in [0.25, 0.3) is 0 Å². The lowest BCUT2D eigenvalue weighted by Crippen LogP contribution is -2.31. The van der Waals surface area contributed by atoms with Gasteiger partial charge in [0.1, 0.15) is 0 Å². The van der Waals surface area contributed by atoms with Gasteiger partial charge >= 0.3 is 0 Å². The Hall–Kier alpha value is -0.610. The van der Waals surface area contributed by atoms with E-state index in [9.17, 15) is 5.11 Å². The van der Waals surface area contributed by atoms with Crippen LogP contribution in [0.4, 0.5) is 0 Å². The van der Waals surface area contributed by atoms with Gasteiger partial charge in [-0.15, -0.1) is 0 Å². The zero-order valence-corrected chi connectivity index (χ0v) is 6.81. The molecular weight excluding hydrogens is 158 g/mol. The van der Waals surface area contributed by atoms with E-state index >= 15 is 0 Å². The van der Waals surface area contributed by atoms with Crippen molar-refractivity contribution in [3.63, 3.8) is 0 Å². The minimum atomic E-state index is -0.232. The van der Waals surface area contributed by atoms with Crippen LogP contribution >= 0.6 is 0 Å². The van der Waals surface area contributed by atoms with E-state index in [4.69, 9.17) is 9.94 Å².